The van der Waals surface area contributed by atoms with Crippen LogP contribution in [0.5, 0.6) is 0 Å². The van der Waals surface area contributed by atoms with Gasteiger partial charge in [0.2, 0.25) is 5.82 Å². The number of hydrogen-bond donors (Lipinski definition) is 1. The van der Waals surface area contributed by atoms with Gasteiger partial charge in [-0.2, -0.15) is 0 Å². The molecule has 1 saturated heterocycles. The molecule has 2 fully saturated rings. The second-order valence-corrected chi connectivity index (χ2v) is 7.16. The van der Waals surface area contributed by atoms with E-state index in [9.17, 15) is 4.79 Å². The van der Waals surface area contributed by atoms with Gasteiger partial charge in [-0.25, -0.2) is 4.98 Å². The lowest BCUT2D eigenvalue weighted by Gasteiger charge is -2.37. The standard InChI is InChI=1S/C15H24N4O/c1-15(2,3)14-16-12(17-18-14)13(20)19-9-5-7-10-6-4-8-11(10)19/h10-11H,4-9H2,1-3H3,(H,16,17,18). The summed E-state index contributed by atoms with van der Waals surface area (Å²) in [6, 6.07) is 0.424. The number of likely N-dealkylation sites (tertiary alicyclic amines) is 1. The number of rotatable bonds is 1. The van der Waals surface area contributed by atoms with Crippen LogP contribution in [0.25, 0.3) is 0 Å². The van der Waals surface area contributed by atoms with Gasteiger partial charge < -0.3 is 4.90 Å². The van der Waals surface area contributed by atoms with Crippen LogP contribution < -0.4 is 0 Å². The lowest BCUT2D eigenvalue weighted by atomic mass is 9.92. The SMILES string of the molecule is CC(C)(C)c1nc(C(=O)N2CCCC3CCCC32)n[nH]1. The highest BCUT2D eigenvalue weighted by molar-refractivity contribution is 5.90. The zero-order chi connectivity index (χ0) is 14.3. The van der Waals surface area contributed by atoms with Crippen molar-refractivity contribution in [2.24, 2.45) is 5.92 Å². The maximum absolute atomic E-state index is 12.7. The minimum atomic E-state index is -0.108. The summed E-state index contributed by atoms with van der Waals surface area (Å²) in [5.41, 5.74) is -0.108. The summed E-state index contributed by atoms with van der Waals surface area (Å²) in [6.07, 6.45) is 6.06. The van der Waals surface area contributed by atoms with Gasteiger partial charge in [0.1, 0.15) is 5.82 Å². The maximum Gasteiger partial charge on any atom is 0.293 e. The highest BCUT2D eigenvalue weighted by Gasteiger charge is 2.38. The normalized spacial score (nSPS) is 26.6. The molecule has 1 aromatic rings. The molecule has 2 heterocycles. The number of aromatic amines is 1. The molecule has 3 rings (SSSR count). The van der Waals surface area contributed by atoms with Crippen molar-refractivity contribution < 1.29 is 4.79 Å². The second-order valence-electron chi connectivity index (χ2n) is 7.16. The number of carbonyl (C=O) groups excluding carboxylic acids is 1. The zero-order valence-electron chi connectivity index (χ0n) is 12.6. The summed E-state index contributed by atoms with van der Waals surface area (Å²) in [5, 5.41) is 7.06. The summed E-state index contributed by atoms with van der Waals surface area (Å²) >= 11 is 0. The number of aromatic nitrogens is 3. The summed E-state index contributed by atoms with van der Waals surface area (Å²) in [7, 11) is 0. The summed E-state index contributed by atoms with van der Waals surface area (Å²) in [4.78, 5) is 19.1. The third kappa shape index (κ3) is 2.34. The number of nitrogens with zero attached hydrogens (tertiary/aromatic N) is 3. The predicted octanol–water partition coefficient (Wildman–Crippen LogP) is 2.51. The predicted molar refractivity (Wildman–Crippen MR) is 76.5 cm³/mol. The van der Waals surface area contributed by atoms with E-state index < -0.39 is 0 Å². The summed E-state index contributed by atoms with van der Waals surface area (Å²) in [6.45, 7) is 7.06. The largest absolute Gasteiger partial charge is 0.333 e. The van der Waals surface area contributed by atoms with Gasteiger partial charge >= 0.3 is 0 Å². The van der Waals surface area contributed by atoms with Crippen LogP contribution in [0.3, 0.4) is 0 Å². The van der Waals surface area contributed by atoms with Crippen LogP contribution in [0.15, 0.2) is 0 Å². The fraction of sp³-hybridized carbons (Fsp3) is 0.800. The van der Waals surface area contributed by atoms with Gasteiger partial charge in [-0.3, -0.25) is 9.89 Å². The average molecular weight is 276 g/mol. The maximum atomic E-state index is 12.7. The molecule has 1 amide bonds. The van der Waals surface area contributed by atoms with Crippen LogP contribution in [0.4, 0.5) is 0 Å². The Morgan fingerprint density at radius 3 is 2.70 bits per heavy atom. The van der Waals surface area contributed by atoms with E-state index in [0.29, 0.717) is 17.8 Å². The van der Waals surface area contributed by atoms with Crippen LogP contribution >= 0.6 is 0 Å². The molecule has 1 aliphatic heterocycles. The summed E-state index contributed by atoms with van der Waals surface area (Å²) < 4.78 is 0. The van der Waals surface area contributed by atoms with Gasteiger partial charge in [0.05, 0.1) is 0 Å². The average Bonchev–Trinajstić information content (AvgIpc) is 3.05. The van der Waals surface area contributed by atoms with Gasteiger partial charge in [0.15, 0.2) is 0 Å². The molecule has 5 nitrogen and oxygen atoms in total. The van der Waals surface area contributed by atoms with E-state index in [2.05, 4.69) is 36.0 Å². The van der Waals surface area contributed by atoms with E-state index in [0.717, 1.165) is 25.2 Å². The number of H-pyrrole nitrogens is 1. The molecule has 0 radical (unpaired) electrons. The van der Waals surface area contributed by atoms with E-state index in [-0.39, 0.29) is 11.3 Å². The van der Waals surface area contributed by atoms with Crippen LogP contribution in [-0.2, 0) is 5.41 Å². The highest BCUT2D eigenvalue weighted by atomic mass is 16.2. The molecule has 2 atom stereocenters. The van der Waals surface area contributed by atoms with E-state index in [1.165, 1.54) is 19.3 Å². The molecule has 5 heteroatoms. The first-order valence-electron chi connectivity index (χ1n) is 7.70. The van der Waals surface area contributed by atoms with Crippen molar-refractivity contribution in [3.8, 4) is 0 Å². The molecule has 0 bridgehead atoms. The van der Waals surface area contributed by atoms with Gasteiger partial charge in [-0.05, 0) is 31.6 Å². The quantitative estimate of drug-likeness (QED) is 0.857. The van der Waals surface area contributed by atoms with Crippen molar-refractivity contribution in [1.82, 2.24) is 20.1 Å². The van der Waals surface area contributed by atoms with Crippen LogP contribution in [0.1, 0.15) is 69.3 Å². The fourth-order valence-electron chi connectivity index (χ4n) is 3.53. The molecule has 1 saturated carbocycles. The van der Waals surface area contributed by atoms with Gasteiger partial charge in [0.25, 0.3) is 5.91 Å². The number of hydrogen-bond acceptors (Lipinski definition) is 3. The Hall–Kier alpha value is -1.39. The van der Waals surface area contributed by atoms with Gasteiger partial charge in [-0.15, -0.1) is 5.10 Å². The van der Waals surface area contributed by atoms with Crippen molar-refractivity contribution in [2.45, 2.75) is 64.3 Å². The van der Waals surface area contributed by atoms with Crippen molar-refractivity contribution in [1.29, 1.82) is 0 Å². The fourth-order valence-corrected chi connectivity index (χ4v) is 3.53. The van der Waals surface area contributed by atoms with E-state index in [4.69, 9.17) is 0 Å². The Labute approximate surface area is 120 Å². The van der Waals surface area contributed by atoms with Gasteiger partial charge in [-0.1, -0.05) is 27.2 Å². The lowest BCUT2D eigenvalue weighted by Crippen LogP contribution is -2.46. The molecule has 110 valence electrons. The minimum absolute atomic E-state index is 0.00773. The van der Waals surface area contributed by atoms with Crippen molar-refractivity contribution in [3.63, 3.8) is 0 Å². The number of fused-ring (bicyclic) bond motifs is 1. The lowest BCUT2D eigenvalue weighted by molar-refractivity contribution is 0.0536. The molecule has 20 heavy (non-hydrogen) atoms. The Kier molecular flexibility index (Phi) is 3.30. The molecule has 0 spiro atoms. The Morgan fingerprint density at radius 2 is 2.00 bits per heavy atom. The molecular weight excluding hydrogens is 252 g/mol. The Balaban J connectivity index is 1.80. The molecule has 2 aliphatic rings. The summed E-state index contributed by atoms with van der Waals surface area (Å²) in [5.74, 6) is 1.82. The topological polar surface area (TPSA) is 61.9 Å². The second kappa shape index (κ2) is 4.86. The van der Waals surface area contributed by atoms with Crippen LogP contribution in [-0.4, -0.2) is 38.6 Å². The zero-order valence-corrected chi connectivity index (χ0v) is 12.6. The van der Waals surface area contributed by atoms with E-state index >= 15 is 0 Å². The third-order valence-electron chi connectivity index (χ3n) is 4.64. The third-order valence-corrected chi connectivity index (χ3v) is 4.64. The number of carbonyl (C=O) groups is 1. The molecule has 1 aromatic heterocycles. The molecule has 0 aromatic carbocycles. The number of amides is 1. The Bertz CT molecular complexity index is 502. The van der Waals surface area contributed by atoms with E-state index in [1.807, 2.05) is 4.90 Å². The van der Waals surface area contributed by atoms with E-state index in [1.54, 1.807) is 0 Å². The molecule has 2 unspecified atom stereocenters. The minimum Gasteiger partial charge on any atom is -0.333 e. The van der Waals surface area contributed by atoms with Gasteiger partial charge in [0, 0.05) is 18.0 Å². The molecule has 1 N–H and O–H groups in total. The highest BCUT2D eigenvalue weighted by Crippen LogP contribution is 2.37. The Morgan fingerprint density at radius 1 is 1.25 bits per heavy atom. The molecular formula is C15H24N4O. The molecule has 1 aliphatic carbocycles. The van der Waals surface area contributed by atoms with Crippen molar-refractivity contribution in [3.05, 3.63) is 11.6 Å². The first kappa shape index (κ1) is 13.6. The van der Waals surface area contributed by atoms with Crippen molar-refractivity contribution >= 4 is 5.91 Å². The monoisotopic (exact) mass is 276 g/mol. The van der Waals surface area contributed by atoms with Crippen LogP contribution in [0.2, 0.25) is 0 Å². The number of piperidine rings is 1. The smallest absolute Gasteiger partial charge is 0.293 e. The number of nitrogens with one attached hydrogen (secondary N) is 1. The first-order valence-corrected chi connectivity index (χ1v) is 7.70. The first-order chi connectivity index (χ1) is 9.47. The van der Waals surface area contributed by atoms with Crippen molar-refractivity contribution in [2.75, 3.05) is 6.54 Å². The van der Waals surface area contributed by atoms with Crippen LogP contribution in [0, 0.1) is 5.92 Å².